The van der Waals surface area contributed by atoms with Crippen molar-refractivity contribution < 1.29 is 19.1 Å². The summed E-state index contributed by atoms with van der Waals surface area (Å²) in [7, 11) is 0. The number of thiazole rings is 1. The van der Waals surface area contributed by atoms with Crippen LogP contribution in [0, 0.1) is 0 Å². The molecule has 2 aromatic heterocycles. The zero-order valence-corrected chi connectivity index (χ0v) is 19.1. The average molecular weight is 465 g/mol. The fourth-order valence-corrected chi connectivity index (χ4v) is 4.77. The second-order valence-corrected chi connectivity index (χ2v) is 8.73. The van der Waals surface area contributed by atoms with E-state index in [0.717, 1.165) is 22.0 Å². The van der Waals surface area contributed by atoms with E-state index in [0.29, 0.717) is 44.2 Å². The van der Waals surface area contributed by atoms with E-state index in [2.05, 4.69) is 4.98 Å². The first-order chi connectivity index (χ1) is 16.1. The monoisotopic (exact) mass is 464 g/mol. The highest BCUT2D eigenvalue weighted by Crippen LogP contribution is 2.39. The van der Waals surface area contributed by atoms with Crippen LogP contribution in [-0.2, 0) is 14.3 Å². The second kappa shape index (κ2) is 9.29. The summed E-state index contributed by atoms with van der Waals surface area (Å²) in [5.74, 6) is 0.308. The number of pyridine rings is 1. The van der Waals surface area contributed by atoms with Crippen LogP contribution in [0.2, 0.25) is 0 Å². The number of fused-ring (bicyclic) bond motifs is 1. The first-order valence-electron chi connectivity index (χ1n) is 11.0. The molecule has 5 rings (SSSR count). The number of carbonyl (C=O) groups excluding carboxylic acids is 2. The molecule has 3 aromatic rings. The van der Waals surface area contributed by atoms with Gasteiger partial charge in [-0.1, -0.05) is 13.0 Å². The molecule has 2 aliphatic heterocycles. The minimum Gasteiger partial charge on any atom is -0.478 e. The molecule has 1 unspecified atom stereocenters. The molecular formula is C24H24N4O4S. The van der Waals surface area contributed by atoms with Crippen LogP contribution in [0.25, 0.3) is 22.0 Å². The van der Waals surface area contributed by atoms with Gasteiger partial charge in [-0.15, -0.1) is 11.3 Å². The summed E-state index contributed by atoms with van der Waals surface area (Å²) in [4.78, 5) is 38.5. The molecule has 4 heterocycles. The van der Waals surface area contributed by atoms with Gasteiger partial charge in [0.1, 0.15) is 17.3 Å². The van der Waals surface area contributed by atoms with Crippen LogP contribution in [0.5, 0.6) is 5.75 Å². The molecule has 0 spiro atoms. The summed E-state index contributed by atoms with van der Waals surface area (Å²) in [5, 5.41) is 2.79. The van der Waals surface area contributed by atoms with Crippen LogP contribution in [0.3, 0.4) is 0 Å². The summed E-state index contributed by atoms with van der Waals surface area (Å²) in [5.41, 5.74) is 3.04. The van der Waals surface area contributed by atoms with Gasteiger partial charge in [-0.05, 0) is 36.8 Å². The first-order valence-corrected chi connectivity index (χ1v) is 11.9. The maximum Gasteiger partial charge on any atom is 0.268 e. The van der Waals surface area contributed by atoms with Crippen LogP contribution >= 0.6 is 11.3 Å². The highest BCUT2D eigenvalue weighted by molar-refractivity contribution is 7.13. The number of carbonyl (C=O) groups is 2. The van der Waals surface area contributed by atoms with Crippen molar-refractivity contribution in [2.45, 2.75) is 19.4 Å². The van der Waals surface area contributed by atoms with Crippen LogP contribution < -0.4 is 9.64 Å². The number of amides is 2. The van der Waals surface area contributed by atoms with Crippen molar-refractivity contribution in [1.82, 2.24) is 14.9 Å². The molecule has 2 aliphatic rings. The van der Waals surface area contributed by atoms with Gasteiger partial charge in [-0.2, -0.15) is 0 Å². The Kier molecular flexibility index (Phi) is 6.06. The first kappa shape index (κ1) is 21.5. The number of ether oxygens (including phenoxy) is 2. The topological polar surface area (TPSA) is 84.9 Å². The van der Waals surface area contributed by atoms with Gasteiger partial charge >= 0.3 is 0 Å². The van der Waals surface area contributed by atoms with Gasteiger partial charge in [0.25, 0.3) is 5.91 Å². The van der Waals surface area contributed by atoms with Crippen molar-refractivity contribution in [3.8, 4) is 27.7 Å². The summed E-state index contributed by atoms with van der Waals surface area (Å²) >= 11 is 1.51. The Hall–Kier alpha value is -3.30. The van der Waals surface area contributed by atoms with Gasteiger partial charge in [0.2, 0.25) is 5.91 Å². The van der Waals surface area contributed by atoms with Gasteiger partial charge < -0.3 is 14.4 Å². The third-order valence-corrected chi connectivity index (χ3v) is 6.64. The van der Waals surface area contributed by atoms with Crippen molar-refractivity contribution in [3.63, 3.8) is 0 Å². The summed E-state index contributed by atoms with van der Waals surface area (Å²) in [6.07, 6.45) is 1.67. The molecular weight excluding hydrogens is 440 g/mol. The lowest BCUT2D eigenvalue weighted by atomic mass is 10.1. The number of morpholine rings is 1. The zero-order valence-electron chi connectivity index (χ0n) is 18.3. The normalized spacial score (nSPS) is 18.1. The Morgan fingerprint density at radius 2 is 2.03 bits per heavy atom. The molecule has 33 heavy (non-hydrogen) atoms. The van der Waals surface area contributed by atoms with Gasteiger partial charge in [0.15, 0.2) is 6.10 Å². The smallest absolute Gasteiger partial charge is 0.268 e. The molecule has 2 amide bonds. The van der Waals surface area contributed by atoms with E-state index >= 15 is 0 Å². The number of nitrogens with zero attached hydrogens (tertiary/aromatic N) is 4. The highest BCUT2D eigenvalue weighted by Gasteiger charge is 2.35. The van der Waals surface area contributed by atoms with E-state index in [9.17, 15) is 9.59 Å². The zero-order chi connectivity index (χ0) is 22.8. The van der Waals surface area contributed by atoms with Crippen LogP contribution in [0.4, 0.5) is 5.69 Å². The quantitative estimate of drug-likeness (QED) is 0.576. The van der Waals surface area contributed by atoms with Gasteiger partial charge in [-0.25, -0.2) is 4.98 Å². The maximum absolute atomic E-state index is 13.2. The number of anilines is 1. The standard InChI is InChI=1S/C24H24N4O4S/c1-2-20-24(30)28(14-22(29)27-9-11-31-12-10-27)19-13-16(6-7-21(19)32-20)18-15-33-23(26-18)17-5-3-4-8-25-17/h3-8,13,15,20H,2,9-12,14H2,1H3. The van der Waals surface area contributed by atoms with Crippen LogP contribution in [0.1, 0.15) is 13.3 Å². The van der Waals surface area contributed by atoms with E-state index in [1.165, 1.54) is 11.3 Å². The van der Waals surface area contributed by atoms with Crippen molar-refractivity contribution in [1.29, 1.82) is 0 Å². The molecule has 0 radical (unpaired) electrons. The summed E-state index contributed by atoms with van der Waals surface area (Å²) in [6, 6.07) is 11.4. The number of hydrogen-bond acceptors (Lipinski definition) is 7. The predicted octanol–water partition coefficient (Wildman–Crippen LogP) is 3.23. The molecule has 1 atom stereocenters. The van der Waals surface area contributed by atoms with E-state index < -0.39 is 6.10 Å². The Morgan fingerprint density at radius 3 is 2.79 bits per heavy atom. The Morgan fingerprint density at radius 1 is 1.18 bits per heavy atom. The Balaban J connectivity index is 1.46. The van der Waals surface area contributed by atoms with Crippen molar-refractivity contribution in [2.24, 2.45) is 0 Å². The van der Waals surface area contributed by atoms with Crippen molar-refractivity contribution in [3.05, 3.63) is 48.0 Å². The third-order valence-electron chi connectivity index (χ3n) is 5.77. The lowest BCUT2D eigenvalue weighted by Gasteiger charge is -2.35. The third kappa shape index (κ3) is 4.34. The molecule has 1 saturated heterocycles. The Bertz CT molecular complexity index is 1160. The largest absolute Gasteiger partial charge is 0.478 e. The van der Waals surface area contributed by atoms with Crippen molar-refractivity contribution in [2.75, 3.05) is 37.7 Å². The number of aromatic nitrogens is 2. The molecule has 170 valence electrons. The minimum absolute atomic E-state index is 0.0224. The molecule has 0 aliphatic carbocycles. The van der Waals surface area contributed by atoms with Gasteiger partial charge in [0, 0.05) is 30.2 Å². The van der Waals surface area contributed by atoms with E-state index in [1.807, 2.05) is 48.7 Å². The molecule has 1 fully saturated rings. The van der Waals surface area contributed by atoms with E-state index in [-0.39, 0.29) is 18.4 Å². The van der Waals surface area contributed by atoms with E-state index in [4.69, 9.17) is 14.5 Å². The summed E-state index contributed by atoms with van der Waals surface area (Å²) in [6.45, 7) is 3.99. The molecule has 9 heteroatoms. The van der Waals surface area contributed by atoms with Crippen LogP contribution in [-0.4, -0.2) is 65.6 Å². The fraction of sp³-hybridized carbons (Fsp3) is 0.333. The van der Waals surface area contributed by atoms with Crippen molar-refractivity contribution >= 4 is 28.8 Å². The highest BCUT2D eigenvalue weighted by atomic mass is 32.1. The molecule has 8 nitrogen and oxygen atoms in total. The van der Waals surface area contributed by atoms with Gasteiger partial charge in [0.05, 0.1) is 30.3 Å². The average Bonchev–Trinajstić information content (AvgIpc) is 3.37. The fourth-order valence-electron chi connectivity index (χ4n) is 3.97. The molecule has 0 saturated carbocycles. The lowest BCUT2D eigenvalue weighted by molar-refractivity contribution is -0.136. The molecule has 0 N–H and O–H groups in total. The van der Waals surface area contributed by atoms with E-state index in [1.54, 1.807) is 16.0 Å². The summed E-state index contributed by atoms with van der Waals surface area (Å²) < 4.78 is 11.3. The lowest BCUT2D eigenvalue weighted by Crippen LogP contribution is -2.52. The van der Waals surface area contributed by atoms with Crippen LogP contribution in [0.15, 0.2) is 48.0 Å². The number of rotatable bonds is 5. The SMILES string of the molecule is CCC1Oc2ccc(-c3csc(-c4ccccn4)n3)cc2N(CC(=O)N2CCOCC2)C1=O. The number of hydrogen-bond donors (Lipinski definition) is 0. The second-order valence-electron chi connectivity index (χ2n) is 7.87. The minimum atomic E-state index is -0.601. The number of benzene rings is 1. The maximum atomic E-state index is 13.2. The predicted molar refractivity (Wildman–Crippen MR) is 125 cm³/mol. The molecule has 1 aromatic carbocycles. The Labute approximate surface area is 195 Å². The van der Waals surface area contributed by atoms with Gasteiger partial charge in [-0.3, -0.25) is 19.5 Å². The molecule has 0 bridgehead atoms.